The SMILES string of the molecule is CN(CC(=O)Nc1cc(Cl)ccc1C#N)CC(C)(C)O. The zero-order chi connectivity index (χ0) is 15.3. The fourth-order valence-corrected chi connectivity index (χ4v) is 2.04. The van der Waals surface area contributed by atoms with Crippen LogP contribution in [0.3, 0.4) is 0 Å². The van der Waals surface area contributed by atoms with Crippen molar-refractivity contribution < 1.29 is 9.90 Å². The third-order valence-electron chi connectivity index (χ3n) is 2.45. The highest BCUT2D eigenvalue weighted by Crippen LogP contribution is 2.20. The average molecular weight is 296 g/mol. The highest BCUT2D eigenvalue weighted by molar-refractivity contribution is 6.31. The van der Waals surface area contributed by atoms with Gasteiger partial charge in [0.15, 0.2) is 0 Å². The van der Waals surface area contributed by atoms with Gasteiger partial charge in [0.1, 0.15) is 6.07 Å². The number of aliphatic hydroxyl groups is 1. The minimum atomic E-state index is -0.872. The van der Waals surface area contributed by atoms with E-state index < -0.39 is 5.60 Å². The Balaban J connectivity index is 2.68. The molecule has 108 valence electrons. The summed E-state index contributed by atoms with van der Waals surface area (Å²) in [5.74, 6) is -0.268. The number of hydrogen-bond donors (Lipinski definition) is 2. The molecule has 0 atom stereocenters. The second kappa shape index (κ2) is 6.71. The number of nitrogens with zero attached hydrogens (tertiary/aromatic N) is 2. The second-order valence-electron chi connectivity index (χ2n) is 5.33. The van der Waals surface area contributed by atoms with Gasteiger partial charge in [-0.3, -0.25) is 9.69 Å². The molecule has 0 fully saturated rings. The Kier molecular flexibility index (Phi) is 5.52. The summed E-state index contributed by atoms with van der Waals surface area (Å²) >= 11 is 5.85. The van der Waals surface area contributed by atoms with Crippen LogP contribution >= 0.6 is 11.6 Å². The summed E-state index contributed by atoms with van der Waals surface area (Å²) in [6.07, 6.45) is 0. The molecule has 1 rings (SSSR count). The molecular formula is C14H18ClN3O2. The first-order valence-corrected chi connectivity index (χ1v) is 6.49. The van der Waals surface area contributed by atoms with E-state index >= 15 is 0 Å². The number of nitriles is 1. The molecule has 1 amide bonds. The maximum Gasteiger partial charge on any atom is 0.238 e. The van der Waals surface area contributed by atoms with E-state index in [0.29, 0.717) is 22.8 Å². The van der Waals surface area contributed by atoms with Crippen molar-refractivity contribution in [2.45, 2.75) is 19.4 Å². The first-order valence-electron chi connectivity index (χ1n) is 6.12. The summed E-state index contributed by atoms with van der Waals surface area (Å²) in [7, 11) is 1.74. The van der Waals surface area contributed by atoms with E-state index in [1.54, 1.807) is 37.9 Å². The molecular weight excluding hydrogens is 278 g/mol. The van der Waals surface area contributed by atoms with Crippen LogP contribution in [0, 0.1) is 11.3 Å². The first-order chi connectivity index (χ1) is 9.21. The number of carbonyl (C=O) groups is 1. The van der Waals surface area contributed by atoms with Gasteiger partial charge in [-0.1, -0.05) is 11.6 Å². The van der Waals surface area contributed by atoms with Gasteiger partial charge in [0, 0.05) is 11.6 Å². The topological polar surface area (TPSA) is 76.4 Å². The standard InChI is InChI=1S/C14H18ClN3O2/c1-14(2,20)9-18(3)8-13(19)17-12-6-11(15)5-4-10(12)7-16/h4-6,20H,8-9H2,1-3H3,(H,17,19). The van der Waals surface area contributed by atoms with Gasteiger partial charge in [0.05, 0.1) is 23.4 Å². The molecule has 5 nitrogen and oxygen atoms in total. The summed E-state index contributed by atoms with van der Waals surface area (Å²) in [5.41, 5.74) is -0.127. The molecule has 0 aromatic heterocycles. The summed E-state index contributed by atoms with van der Waals surface area (Å²) in [5, 5.41) is 21.7. The lowest BCUT2D eigenvalue weighted by molar-refractivity contribution is -0.117. The number of rotatable bonds is 5. The molecule has 0 heterocycles. The van der Waals surface area contributed by atoms with Crippen molar-refractivity contribution >= 4 is 23.2 Å². The minimum Gasteiger partial charge on any atom is -0.389 e. The lowest BCUT2D eigenvalue weighted by atomic mass is 10.1. The molecule has 0 unspecified atom stereocenters. The molecule has 0 aliphatic rings. The molecule has 0 aliphatic carbocycles. The normalized spacial score (nSPS) is 11.2. The first kappa shape index (κ1) is 16.4. The highest BCUT2D eigenvalue weighted by Gasteiger charge is 2.17. The second-order valence-corrected chi connectivity index (χ2v) is 5.77. The highest BCUT2D eigenvalue weighted by atomic mass is 35.5. The predicted molar refractivity (Wildman–Crippen MR) is 78.6 cm³/mol. The third-order valence-corrected chi connectivity index (χ3v) is 2.68. The Morgan fingerprint density at radius 1 is 1.55 bits per heavy atom. The van der Waals surface area contributed by atoms with Crippen LogP contribution in [0.1, 0.15) is 19.4 Å². The number of halogens is 1. The Morgan fingerprint density at radius 3 is 2.75 bits per heavy atom. The monoisotopic (exact) mass is 295 g/mol. The number of hydrogen-bond acceptors (Lipinski definition) is 4. The van der Waals surface area contributed by atoms with Gasteiger partial charge in [-0.25, -0.2) is 0 Å². The molecule has 0 bridgehead atoms. The van der Waals surface area contributed by atoms with Crippen LogP contribution in [-0.2, 0) is 4.79 Å². The van der Waals surface area contributed by atoms with E-state index in [0.717, 1.165) is 0 Å². The van der Waals surface area contributed by atoms with Crippen LogP contribution < -0.4 is 5.32 Å². The van der Waals surface area contributed by atoms with E-state index in [1.807, 2.05) is 6.07 Å². The van der Waals surface area contributed by atoms with Crippen LogP contribution in [0.4, 0.5) is 5.69 Å². The van der Waals surface area contributed by atoms with E-state index in [-0.39, 0.29) is 12.5 Å². The van der Waals surface area contributed by atoms with Gasteiger partial charge in [0.25, 0.3) is 0 Å². The predicted octanol–water partition coefficient (Wildman–Crippen LogP) is 1.85. The summed E-state index contributed by atoms with van der Waals surface area (Å²) in [4.78, 5) is 13.6. The molecule has 0 saturated carbocycles. The summed E-state index contributed by atoms with van der Waals surface area (Å²) in [6.45, 7) is 3.82. The van der Waals surface area contributed by atoms with Crippen molar-refractivity contribution in [3.05, 3.63) is 28.8 Å². The Morgan fingerprint density at radius 2 is 2.20 bits per heavy atom. The van der Waals surface area contributed by atoms with E-state index in [9.17, 15) is 9.90 Å². The summed E-state index contributed by atoms with van der Waals surface area (Å²) < 4.78 is 0. The van der Waals surface area contributed by atoms with Gasteiger partial charge in [0.2, 0.25) is 5.91 Å². The maximum atomic E-state index is 11.9. The van der Waals surface area contributed by atoms with Crippen molar-refractivity contribution in [2.24, 2.45) is 0 Å². The van der Waals surface area contributed by atoms with Gasteiger partial charge in [-0.05, 0) is 39.1 Å². The van der Waals surface area contributed by atoms with Crippen LogP contribution in [0.25, 0.3) is 0 Å². The molecule has 0 spiro atoms. The van der Waals surface area contributed by atoms with Gasteiger partial charge >= 0.3 is 0 Å². The Labute approximate surface area is 123 Å². The minimum absolute atomic E-state index is 0.112. The van der Waals surface area contributed by atoms with Crippen molar-refractivity contribution in [2.75, 3.05) is 25.5 Å². The third kappa shape index (κ3) is 5.57. The van der Waals surface area contributed by atoms with Crippen LogP contribution in [0.15, 0.2) is 18.2 Å². The van der Waals surface area contributed by atoms with Crippen molar-refractivity contribution in [3.63, 3.8) is 0 Å². The van der Waals surface area contributed by atoms with Crippen LogP contribution in [0.5, 0.6) is 0 Å². The lowest BCUT2D eigenvalue weighted by Crippen LogP contribution is -2.40. The van der Waals surface area contributed by atoms with Gasteiger partial charge in [-0.2, -0.15) is 5.26 Å². The van der Waals surface area contributed by atoms with Gasteiger partial charge in [-0.15, -0.1) is 0 Å². The number of carbonyl (C=O) groups excluding carboxylic acids is 1. The molecule has 20 heavy (non-hydrogen) atoms. The van der Waals surface area contributed by atoms with Gasteiger partial charge < -0.3 is 10.4 Å². The zero-order valence-electron chi connectivity index (χ0n) is 11.8. The number of anilines is 1. The number of nitrogens with one attached hydrogen (secondary N) is 1. The van der Waals surface area contributed by atoms with Crippen LogP contribution in [-0.4, -0.2) is 41.7 Å². The molecule has 2 N–H and O–H groups in total. The van der Waals surface area contributed by atoms with Crippen LogP contribution in [0.2, 0.25) is 5.02 Å². The molecule has 1 aromatic carbocycles. The molecule has 1 aromatic rings. The number of amides is 1. The van der Waals surface area contributed by atoms with E-state index in [1.165, 1.54) is 6.07 Å². The largest absolute Gasteiger partial charge is 0.389 e. The molecule has 6 heteroatoms. The average Bonchev–Trinajstić information content (AvgIpc) is 2.26. The van der Waals surface area contributed by atoms with Crippen molar-refractivity contribution in [1.29, 1.82) is 5.26 Å². The van der Waals surface area contributed by atoms with Crippen molar-refractivity contribution in [1.82, 2.24) is 4.90 Å². The summed E-state index contributed by atoms with van der Waals surface area (Å²) in [6, 6.07) is 6.68. The molecule has 0 saturated heterocycles. The lowest BCUT2D eigenvalue weighted by Gasteiger charge is -2.24. The smallest absolute Gasteiger partial charge is 0.238 e. The van der Waals surface area contributed by atoms with E-state index in [4.69, 9.17) is 16.9 Å². The fraction of sp³-hybridized carbons (Fsp3) is 0.429. The van der Waals surface area contributed by atoms with Crippen molar-refractivity contribution in [3.8, 4) is 6.07 Å². The molecule has 0 aliphatic heterocycles. The van der Waals surface area contributed by atoms with E-state index in [2.05, 4.69) is 5.32 Å². The molecule has 0 radical (unpaired) electrons. The zero-order valence-corrected chi connectivity index (χ0v) is 12.5. The fourth-order valence-electron chi connectivity index (χ4n) is 1.87. The number of benzene rings is 1. The maximum absolute atomic E-state index is 11.9. The number of likely N-dealkylation sites (N-methyl/N-ethyl adjacent to an activating group) is 1. The quantitative estimate of drug-likeness (QED) is 0.869. The Hall–Kier alpha value is -1.61. The Bertz CT molecular complexity index is 532.